The van der Waals surface area contributed by atoms with E-state index in [0.717, 1.165) is 32.9 Å². The largest absolute Gasteiger partial charge is 0.485 e. The van der Waals surface area contributed by atoms with Gasteiger partial charge in [-0.25, -0.2) is 9.97 Å². The van der Waals surface area contributed by atoms with Gasteiger partial charge in [0.15, 0.2) is 5.13 Å². The number of anilines is 4. The van der Waals surface area contributed by atoms with Gasteiger partial charge in [-0.2, -0.15) is 0 Å². The van der Waals surface area contributed by atoms with E-state index in [0.29, 0.717) is 29.5 Å². The quantitative estimate of drug-likeness (QED) is 0.271. The Hall–Kier alpha value is -3.93. The van der Waals surface area contributed by atoms with Crippen molar-refractivity contribution in [2.45, 2.75) is 6.10 Å². The van der Waals surface area contributed by atoms with Crippen LogP contribution in [0.4, 0.5) is 21.5 Å². The molecule has 11 heteroatoms. The van der Waals surface area contributed by atoms with Crippen LogP contribution in [0.2, 0.25) is 0 Å². The number of para-hydroxylation sites is 2. The first-order valence-electron chi connectivity index (χ1n) is 10.8. The zero-order valence-corrected chi connectivity index (χ0v) is 19.9. The standard InChI is InChI=1S/C24H20N6O3S2/c25-16-3-1-2-4-17(16)27-23(31)20-5-6-22(35-20)29-24-28-18(13-34-24)19-10-26-21-9-14(7-8-30(19)21)33-15-11-32-12-15/h1-10,13,15H,11-12,25H2,(H,27,31)(H,28,29). The number of thiazole rings is 1. The van der Waals surface area contributed by atoms with Gasteiger partial charge >= 0.3 is 0 Å². The summed E-state index contributed by atoms with van der Waals surface area (Å²) in [4.78, 5) is 22.4. The van der Waals surface area contributed by atoms with Crippen molar-refractivity contribution >= 4 is 55.7 Å². The summed E-state index contributed by atoms with van der Waals surface area (Å²) in [5, 5.41) is 9.65. The second-order valence-electron chi connectivity index (χ2n) is 7.88. The van der Waals surface area contributed by atoms with Crippen molar-refractivity contribution in [3.05, 3.63) is 71.2 Å². The van der Waals surface area contributed by atoms with E-state index in [9.17, 15) is 4.79 Å². The molecule has 4 aromatic heterocycles. The van der Waals surface area contributed by atoms with Gasteiger partial charge in [-0.1, -0.05) is 12.1 Å². The van der Waals surface area contributed by atoms with E-state index in [1.165, 1.54) is 22.7 Å². The summed E-state index contributed by atoms with van der Waals surface area (Å²) in [5.41, 5.74) is 9.51. The van der Waals surface area contributed by atoms with Crippen LogP contribution < -0.4 is 21.1 Å². The van der Waals surface area contributed by atoms with E-state index >= 15 is 0 Å². The number of aromatic nitrogens is 3. The summed E-state index contributed by atoms with van der Waals surface area (Å²) >= 11 is 2.83. The lowest BCUT2D eigenvalue weighted by molar-refractivity contribution is -0.0796. The molecule has 0 atom stereocenters. The van der Waals surface area contributed by atoms with Gasteiger partial charge in [-0.15, -0.1) is 22.7 Å². The summed E-state index contributed by atoms with van der Waals surface area (Å²) < 4.78 is 13.0. The van der Waals surface area contributed by atoms with E-state index in [1.54, 1.807) is 24.4 Å². The van der Waals surface area contributed by atoms with Gasteiger partial charge in [0.2, 0.25) is 0 Å². The van der Waals surface area contributed by atoms with Crippen LogP contribution in [0, 0.1) is 0 Å². The van der Waals surface area contributed by atoms with Crippen molar-refractivity contribution < 1.29 is 14.3 Å². The highest BCUT2D eigenvalue weighted by atomic mass is 32.1. The molecule has 0 bridgehead atoms. The number of thiophene rings is 1. The Kier molecular flexibility index (Phi) is 5.57. The molecule has 0 radical (unpaired) electrons. The summed E-state index contributed by atoms with van der Waals surface area (Å²) in [6.45, 7) is 1.25. The number of hydrogen-bond donors (Lipinski definition) is 3. The van der Waals surface area contributed by atoms with Crippen LogP contribution in [-0.2, 0) is 4.74 Å². The van der Waals surface area contributed by atoms with E-state index in [1.807, 2.05) is 46.3 Å². The normalized spacial score (nSPS) is 13.5. The van der Waals surface area contributed by atoms with Crippen molar-refractivity contribution in [2.24, 2.45) is 0 Å². The fourth-order valence-electron chi connectivity index (χ4n) is 3.58. The molecule has 0 aliphatic carbocycles. The second kappa shape index (κ2) is 9.02. The van der Waals surface area contributed by atoms with Crippen LogP contribution >= 0.6 is 22.7 Å². The number of amides is 1. The minimum atomic E-state index is -0.209. The number of rotatable bonds is 7. The molecule has 0 saturated carbocycles. The molecule has 0 unspecified atom stereocenters. The maximum atomic E-state index is 12.6. The zero-order chi connectivity index (χ0) is 23.8. The Morgan fingerprint density at radius 2 is 2.09 bits per heavy atom. The van der Waals surface area contributed by atoms with Crippen LogP contribution in [0.3, 0.4) is 0 Å². The number of fused-ring (bicyclic) bond motifs is 1. The fourth-order valence-corrected chi connectivity index (χ4v) is 5.16. The maximum Gasteiger partial charge on any atom is 0.265 e. The number of benzene rings is 1. The fraction of sp³-hybridized carbons (Fsp3) is 0.125. The molecule has 35 heavy (non-hydrogen) atoms. The van der Waals surface area contributed by atoms with Crippen molar-refractivity contribution in [1.82, 2.24) is 14.4 Å². The van der Waals surface area contributed by atoms with Gasteiger partial charge in [0.1, 0.15) is 23.2 Å². The number of carbonyl (C=O) groups excluding carboxylic acids is 1. The topological polar surface area (TPSA) is 116 Å². The molecule has 1 saturated heterocycles. The first kappa shape index (κ1) is 21.6. The van der Waals surface area contributed by atoms with Crippen molar-refractivity contribution in [1.29, 1.82) is 0 Å². The van der Waals surface area contributed by atoms with Crippen LogP contribution in [0.5, 0.6) is 5.75 Å². The first-order chi connectivity index (χ1) is 17.1. The average Bonchev–Trinajstić information content (AvgIpc) is 3.57. The minimum absolute atomic E-state index is 0.111. The van der Waals surface area contributed by atoms with E-state index in [-0.39, 0.29) is 12.0 Å². The van der Waals surface area contributed by atoms with Gasteiger partial charge in [-0.05, 0) is 30.3 Å². The van der Waals surface area contributed by atoms with E-state index in [2.05, 4.69) is 15.6 Å². The van der Waals surface area contributed by atoms with Gasteiger partial charge < -0.3 is 25.8 Å². The van der Waals surface area contributed by atoms with Crippen LogP contribution in [0.15, 0.2) is 66.3 Å². The maximum absolute atomic E-state index is 12.6. The molecular weight excluding hydrogens is 484 g/mol. The van der Waals surface area contributed by atoms with Gasteiger partial charge in [0, 0.05) is 17.6 Å². The minimum Gasteiger partial charge on any atom is -0.485 e. The van der Waals surface area contributed by atoms with Crippen LogP contribution in [0.1, 0.15) is 9.67 Å². The summed E-state index contributed by atoms with van der Waals surface area (Å²) in [6.07, 6.45) is 3.84. The summed E-state index contributed by atoms with van der Waals surface area (Å²) in [6, 6.07) is 14.6. The second-order valence-corrected chi connectivity index (χ2v) is 9.82. The molecule has 9 nitrogen and oxygen atoms in total. The number of pyridine rings is 1. The third-order valence-corrected chi connectivity index (χ3v) is 7.19. The first-order valence-corrected chi connectivity index (χ1v) is 12.5. The molecule has 0 spiro atoms. The van der Waals surface area contributed by atoms with E-state index < -0.39 is 0 Å². The molecule has 1 aliphatic rings. The Morgan fingerprint density at radius 1 is 1.20 bits per heavy atom. The number of nitrogens with zero attached hydrogens (tertiary/aromatic N) is 3. The molecular formula is C24H20N6O3S2. The molecule has 1 aromatic carbocycles. The molecule has 6 rings (SSSR count). The zero-order valence-electron chi connectivity index (χ0n) is 18.3. The molecule has 1 fully saturated rings. The lowest BCUT2D eigenvalue weighted by Gasteiger charge is -2.26. The number of ether oxygens (including phenoxy) is 2. The number of nitrogens with one attached hydrogen (secondary N) is 2. The lowest BCUT2D eigenvalue weighted by atomic mass is 10.2. The number of imidazole rings is 1. The van der Waals surface area contributed by atoms with E-state index in [4.69, 9.17) is 20.2 Å². The highest BCUT2D eigenvalue weighted by Gasteiger charge is 2.20. The highest BCUT2D eigenvalue weighted by Crippen LogP contribution is 2.32. The third kappa shape index (κ3) is 4.44. The smallest absolute Gasteiger partial charge is 0.265 e. The predicted molar refractivity (Wildman–Crippen MR) is 138 cm³/mol. The van der Waals surface area contributed by atoms with Crippen LogP contribution in [0.25, 0.3) is 17.0 Å². The number of hydrogen-bond acceptors (Lipinski definition) is 9. The monoisotopic (exact) mass is 504 g/mol. The third-order valence-electron chi connectivity index (χ3n) is 5.43. The number of carbonyl (C=O) groups is 1. The van der Waals surface area contributed by atoms with Crippen molar-refractivity contribution in [3.8, 4) is 17.1 Å². The Balaban J connectivity index is 1.15. The van der Waals surface area contributed by atoms with Crippen molar-refractivity contribution in [2.75, 3.05) is 29.6 Å². The lowest BCUT2D eigenvalue weighted by Crippen LogP contribution is -2.38. The highest BCUT2D eigenvalue weighted by molar-refractivity contribution is 7.19. The number of nitrogens with two attached hydrogens (primary N) is 1. The molecule has 5 heterocycles. The Morgan fingerprint density at radius 3 is 2.91 bits per heavy atom. The molecule has 1 aliphatic heterocycles. The molecule has 5 aromatic rings. The van der Waals surface area contributed by atoms with Gasteiger partial charge in [0.05, 0.1) is 46.4 Å². The Bertz CT molecular complexity index is 1520. The van der Waals surface area contributed by atoms with Crippen LogP contribution in [-0.4, -0.2) is 39.6 Å². The van der Waals surface area contributed by atoms with Gasteiger partial charge in [0.25, 0.3) is 5.91 Å². The van der Waals surface area contributed by atoms with Gasteiger partial charge in [-0.3, -0.25) is 9.20 Å². The summed E-state index contributed by atoms with van der Waals surface area (Å²) in [7, 11) is 0. The predicted octanol–water partition coefficient (Wildman–Crippen LogP) is 4.88. The summed E-state index contributed by atoms with van der Waals surface area (Å²) in [5.74, 6) is 0.566. The SMILES string of the molecule is Nc1ccccc1NC(=O)c1ccc(Nc2nc(-c3cnc4cc(OC5COC5)ccn34)cs2)s1. The Labute approximate surface area is 208 Å². The molecule has 176 valence electrons. The average molecular weight is 505 g/mol. The van der Waals surface area contributed by atoms with Crippen molar-refractivity contribution in [3.63, 3.8) is 0 Å². The number of nitrogen functional groups attached to an aromatic ring is 1. The molecule has 4 N–H and O–H groups in total. The molecule has 1 amide bonds.